The second kappa shape index (κ2) is 5.30. The molecule has 2 nitrogen and oxygen atoms in total. The van der Waals surface area contributed by atoms with E-state index in [0.29, 0.717) is 12.3 Å². The van der Waals surface area contributed by atoms with E-state index in [1.54, 1.807) is 6.08 Å². The second-order valence-corrected chi connectivity index (χ2v) is 2.41. The summed E-state index contributed by atoms with van der Waals surface area (Å²) in [5, 5.41) is 2.69. The number of halogens is 1. The van der Waals surface area contributed by atoms with Gasteiger partial charge in [0.15, 0.2) is 0 Å². The average molecular weight is 162 g/mol. The summed E-state index contributed by atoms with van der Waals surface area (Å²) in [6, 6.07) is 0.0377. The van der Waals surface area contributed by atoms with Crippen molar-refractivity contribution in [3.63, 3.8) is 0 Å². The van der Waals surface area contributed by atoms with Crippen LogP contribution >= 0.6 is 11.6 Å². The Morgan fingerprint density at radius 2 is 2.50 bits per heavy atom. The third kappa shape index (κ3) is 4.39. The van der Waals surface area contributed by atoms with Crippen LogP contribution < -0.4 is 5.32 Å². The van der Waals surface area contributed by atoms with E-state index in [2.05, 4.69) is 11.9 Å². The molecule has 10 heavy (non-hydrogen) atoms. The van der Waals surface area contributed by atoms with Crippen molar-refractivity contribution in [2.75, 3.05) is 5.88 Å². The summed E-state index contributed by atoms with van der Waals surface area (Å²) in [5.41, 5.74) is 0. The molecule has 1 unspecified atom stereocenters. The normalized spacial score (nSPS) is 12.2. The van der Waals surface area contributed by atoms with Gasteiger partial charge in [0.1, 0.15) is 0 Å². The molecular formula is C7H12ClNO. The van der Waals surface area contributed by atoms with E-state index in [1.807, 2.05) is 6.92 Å². The molecule has 1 N–H and O–H groups in total. The molecular weight excluding hydrogens is 150 g/mol. The highest BCUT2D eigenvalue weighted by atomic mass is 35.5. The van der Waals surface area contributed by atoms with Crippen molar-refractivity contribution in [2.24, 2.45) is 0 Å². The minimum Gasteiger partial charge on any atom is -0.350 e. The summed E-state index contributed by atoms with van der Waals surface area (Å²) in [5.74, 6) is 0.345. The largest absolute Gasteiger partial charge is 0.350 e. The van der Waals surface area contributed by atoms with Gasteiger partial charge in [-0.05, 0) is 6.92 Å². The van der Waals surface area contributed by atoms with Crippen LogP contribution in [0.4, 0.5) is 0 Å². The van der Waals surface area contributed by atoms with Gasteiger partial charge in [-0.2, -0.15) is 0 Å². The van der Waals surface area contributed by atoms with Crippen LogP contribution in [0.15, 0.2) is 12.7 Å². The molecule has 0 bridgehead atoms. The first kappa shape index (κ1) is 9.50. The van der Waals surface area contributed by atoms with Crippen molar-refractivity contribution in [1.82, 2.24) is 5.32 Å². The lowest BCUT2D eigenvalue weighted by molar-refractivity contribution is -0.121. The third-order valence-electron chi connectivity index (χ3n) is 1.06. The molecule has 0 fully saturated rings. The summed E-state index contributed by atoms with van der Waals surface area (Å²) < 4.78 is 0. The first-order valence-electron chi connectivity index (χ1n) is 3.18. The predicted octanol–water partition coefficient (Wildman–Crippen LogP) is 1.31. The van der Waals surface area contributed by atoms with Crippen LogP contribution in [0.5, 0.6) is 0 Å². The Bertz CT molecular complexity index is 125. The topological polar surface area (TPSA) is 29.1 Å². The predicted molar refractivity (Wildman–Crippen MR) is 43.1 cm³/mol. The van der Waals surface area contributed by atoms with E-state index in [0.717, 1.165) is 0 Å². The molecule has 0 spiro atoms. The van der Waals surface area contributed by atoms with E-state index >= 15 is 0 Å². The van der Waals surface area contributed by atoms with Gasteiger partial charge in [0.2, 0.25) is 5.91 Å². The van der Waals surface area contributed by atoms with E-state index in [4.69, 9.17) is 11.6 Å². The van der Waals surface area contributed by atoms with Crippen molar-refractivity contribution in [3.05, 3.63) is 12.7 Å². The van der Waals surface area contributed by atoms with Crippen LogP contribution in [0.2, 0.25) is 0 Å². The monoisotopic (exact) mass is 161 g/mol. The molecule has 0 aliphatic carbocycles. The number of rotatable bonds is 4. The second-order valence-electron chi connectivity index (χ2n) is 2.03. The SMILES string of the molecule is C=CC(C)NC(=O)CCCl. The lowest BCUT2D eigenvalue weighted by Gasteiger charge is -2.06. The van der Waals surface area contributed by atoms with Gasteiger partial charge in [-0.1, -0.05) is 6.08 Å². The Hall–Kier alpha value is -0.500. The zero-order valence-corrected chi connectivity index (χ0v) is 6.82. The fourth-order valence-corrected chi connectivity index (χ4v) is 0.642. The van der Waals surface area contributed by atoms with Crippen molar-refractivity contribution >= 4 is 17.5 Å². The van der Waals surface area contributed by atoms with Gasteiger partial charge >= 0.3 is 0 Å². The van der Waals surface area contributed by atoms with Crippen molar-refractivity contribution in [3.8, 4) is 0 Å². The molecule has 58 valence electrons. The lowest BCUT2D eigenvalue weighted by atomic mass is 10.3. The molecule has 0 heterocycles. The maximum atomic E-state index is 10.8. The molecule has 1 amide bonds. The molecule has 0 rings (SSSR count). The van der Waals surface area contributed by atoms with Gasteiger partial charge in [0.25, 0.3) is 0 Å². The van der Waals surface area contributed by atoms with Crippen molar-refractivity contribution < 1.29 is 4.79 Å². The first-order valence-corrected chi connectivity index (χ1v) is 3.72. The maximum absolute atomic E-state index is 10.8. The van der Waals surface area contributed by atoms with E-state index in [1.165, 1.54) is 0 Å². The van der Waals surface area contributed by atoms with Crippen LogP contribution in [-0.4, -0.2) is 17.8 Å². The minimum atomic E-state index is -0.0256. The molecule has 0 aliphatic heterocycles. The van der Waals surface area contributed by atoms with Gasteiger partial charge in [-0.25, -0.2) is 0 Å². The molecule has 0 saturated heterocycles. The van der Waals surface area contributed by atoms with Gasteiger partial charge in [0.05, 0.1) is 0 Å². The molecule has 0 aromatic rings. The van der Waals surface area contributed by atoms with Crippen molar-refractivity contribution in [2.45, 2.75) is 19.4 Å². The van der Waals surface area contributed by atoms with Crippen LogP contribution in [0.1, 0.15) is 13.3 Å². The third-order valence-corrected chi connectivity index (χ3v) is 1.25. The van der Waals surface area contributed by atoms with Crippen molar-refractivity contribution in [1.29, 1.82) is 0 Å². The number of amides is 1. The summed E-state index contributed by atoms with van der Waals surface area (Å²) in [4.78, 5) is 10.8. The fourth-order valence-electron chi connectivity index (χ4n) is 0.471. The molecule has 0 radical (unpaired) electrons. The fraction of sp³-hybridized carbons (Fsp3) is 0.571. The zero-order valence-electron chi connectivity index (χ0n) is 6.06. The number of alkyl halides is 1. The smallest absolute Gasteiger partial charge is 0.221 e. The molecule has 0 aromatic carbocycles. The zero-order chi connectivity index (χ0) is 7.98. The van der Waals surface area contributed by atoms with Gasteiger partial charge in [-0.3, -0.25) is 4.79 Å². The van der Waals surface area contributed by atoms with E-state index in [9.17, 15) is 4.79 Å². The summed E-state index contributed by atoms with van der Waals surface area (Å²) >= 11 is 5.34. The minimum absolute atomic E-state index is 0.0256. The number of hydrogen-bond donors (Lipinski definition) is 1. The summed E-state index contributed by atoms with van der Waals surface area (Å²) in [7, 11) is 0. The number of nitrogens with one attached hydrogen (secondary N) is 1. The quantitative estimate of drug-likeness (QED) is 0.489. The van der Waals surface area contributed by atoms with Gasteiger partial charge in [0, 0.05) is 18.3 Å². The van der Waals surface area contributed by atoms with Gasteiger partial charge in [-0.15, -0.1) is 18.2 Å². The van der Waals surface area contributed by atoms with Crippen LogP contribution in [-0.2, 0) is 4.79 Å². The highest BCUT2D eigenvalue weighted by Crippen LogP contribution is 1.87. The Kier molecular flexibility index (Phi) is 5.03. The Morgan fingerprint density at radius 1 is 1.90 bits per heavy atom. The number of carbonyl (C=O) groups excluding carboxylic acids is 1. The van der Waals surface area contributed by atoms with E-state index in [-0.39, 0.29) is 11.9 Å². The summed E-state index contributed by atoms with van der Waals surface area (Å²) in [6.07, 6.45) is 2.05. The molecule has 3 heteroatoms. The molecule has 0 saturated carbocycles. The standard InChI is InChI=1S/C7H12ClNO/c1-3-6(2)9-7(10)4-5-8/h3,6H,1,4-5H2,2H3,(H,9,10). The highest BCUT2D eigenvalue weighted by molar-refractivity contribution is 6.18. The highest BCUT2D eigenvalue weighted by Gasteiger charge is 2.01. The first-order chi connectivity index (χ1) is 4.70. The molecule has 1 atom stereocenters. The Labute approximate surface area is 66.3 Å². The number of carbonyl (C=O) groups is 1. The van der Waals surface area contributed by atoms with Crippen LogP contribution in [0.25, 0.3) is 0 Å². The number of hydrogen-bond acceptors (Lipinski definition) is 1. The Morgan fingerprint density at radius 3 is 2.90 bits per heavy atom. The van der Waals surface area contributed by atoms with Crippen LogP contribution in [0.3, 0.4) is 0 Å². The van der Waals surface area contributed by atoms with Crippen LogP contribution in [0, 0.1) is 0 Å². The maximum Gasteiger partial charge on any atom is 0.221 e. The average Bonchev–Trinajstić information content (AvgIpc) is 1.88. The lowest BCUT2D eigenvalue weighted by Crippen LogP contribution is -2.30. The molecule has 0 aliphatic rings. The van der Waals surface area contributed by atoms with E-state index < -0.39 is 0 Å². The Balaban J connectivity index is 3.46. The molecule has 0 aromatic heterocycles. The summed E-state index contributed by atoms with van der Waals surface area (Å²) in [6.45, 7) is 5.39. The van der Waals surface area contributed by atoms with Gasteiger partial charge < -0.3 is 5.32 Å².